The predicted molar refractivity (Wildman–Crippen MR) is 116 cm³/mol. The number of aryl methyl sites for hydroxylation is 2. The molecule has 154 valence electrons. The van der Waals surface area contributed by atoms with Crippen LogP contribution in [-0.2, 0) is 12.8 Å². The zero-order chi connectivity index (χ0) is 19.9. The monoisotopic (exact) mass is 374 g/mol. The van der Waals surface area contributed by atoms with E-state index in [4.69, 9.17) is 0 Å². The summed E-state index contributed by atoms with van der Waals surface area (Å²) in [6, 6.07) is 3.87. The van der Waals surface area contributed by atoms with Gasteiger partial charge in [-0.05, 0) is 79.4 Å². The van der Waals surface area contributed by atoms with E-state index in [1.54, 1.807) is 6.07 Å². The molecule has 0 atom stereocenters. The van der Waals surface area contributed by atoms with Gasteiger partial charge in [0.25, 0.3) is 0 Å². The molecule has 0 spiro atoms. The lowest BCUT2D eigenvalue weighted by molar-refractivity contribution is 0.307. The molecule has 1 aliphatic carbocycles. The van der Waals surface area contributed by atoms with E-state index in [1.165, 1.54) is 69.8 Å². The number of phenols is 2. The van der Waals surface area contributed by atoms with Gasteiger partial charge < -0.3 is 10.2 Å². The largest absolute Gasteiger partial charge is 0.504 e. The van der Waals surface area contributed by atoms with Crippen molar-refractivity contribution in [3.05, 3.63) is 23.3 Å². The van der Waals surface area contributed by atoms with Gasteiger partial charge in [-0.2, -0.15) is 0 Å². The molecule has 1 aromatic rings. The van der Waals surface area contributed by atoms with Crippen LogP contribution in [0.2, 0.25) is 0 Å². The third-order valence-electron chi connectivity index (χ3n) is 6.83. The molecule has 0 aliphatic heterocycles. The minimum absolute atomic E-state index is 0.0568. The van der Waals surface area contributed by atoms with Crippen LogP contribution < -0.4 is 0 Å². The van der Waals surface area contributed by atoms with Crippen molar-refractivity contribution in [2.24, 2.45) is 10.8 Å². The van der Waals surface area contributed by atoms with Crippen LogP contribution in [0, 0.1) is 10.8 Å². The fraction of sp³-hybridized carbons (Fsp3) is 0.760. The molecule has 0 radical (unpaired) electrons. The summed E-state index contributed by atoms with van der Waals surface area (Å²) in [4.78, 5) is 0. The molecular formula is C25H42O2. The first kappa shape index (κ1) is 22.1. The Kier molecular flexibility index (Phi) is 8.06. The van der Waals surface area contributed by atoms with Gasteiger partial charge in [-0.3, -0.25) is 0 Å². The summed E-state index contributed by atoms with van der Waals surface area (Å²) >= 11 is 0. The molecule has 2 heteroatoms. The van der Waals surface area contributed by atoms with Gasteiger partial charge in [0.2, 0.25) is 0 Å². The summed E-state index contributed by atoms with van der Waals surface area (Å²) in [5.41, 5.74) is 3.20. The third kappa shape index (κ3) is 7.76. The van der Waals surface area contributed by atoms with Crippen molar-refractivity contribution in [1.82, 2.24) is 0 Å². The number of rotatable bonds is 13. The maximum Gasteiger partial charge on any atom is 0.160 e. The average Bonchev–Trinajstić information content (AvgIpc) is 3.36. The fourth-order valence-electron chi connectivity index (χ4n) is 3.87. The van der Waals surface area contributed by atoms with Crippen LogP contribution in [0.15, 0.2) is 12.1 Å². The summed E-state index contributed by atoms with van der Waals surface area (Å²) in [6.07, 6.45) is 15.8. The molecule has 1 aromatic carbocycles. The summed E-state index contributed by atoms with van der Waals surface area (Å²) in [5, 5.41) is 20.3. The summed E-state index contributed by atoms with van der Waals surface area (Å²) in [7, 11) is 0. The topological polar surface area (TPSA) is 40.5 Å². The minimum atomic E-state index is 0.0568. The Morgan fingerprint density at radius 2 is 1.59 bits per heavy atom. The van der Waals surface area contributed by atoms with E-state index in [9.17, 15) is 10.2 Å². The maximum atomic E-state index is 10.2. The Bertz CT molecular complexity index is 584. The molecule has 1 saturated carbocycles. The van der Waals surface area contributed by atoms with E-state index >= 15 is 0 Å². The van der Waals surface area contributed by atoms with Gasteiger partial charge in [0.15, 0.2) is 11.5 Å². The highest BCUT2D eigenvalue weighted by Gasteiger charge is 2.35. The lowest BCUT2D eigenvalue weighted by Gasteiger charge is -2.22. The molecule has 1 aliphatic rings. The van der Waals surface area contributed by atoms with Crippen molar-refractivity contribution in [3.63, 3.8) is 0 Å². The van der Waals surface area contributed by atoms with E-state index in [2.05, 4.69) is 33.8 Å². The second-order valence-electron chi connectivity index (χ2n) is 10.1. The lowest BCUT2D eigenvalue weighted by atomic mass is 9.84. The molecule has 0 saturated heterocycles. The second-order valence-corrected chi connectivity index (χ2v) is 10.1. The van der Waals surface area contributed by atoms with Crippen LogP contribution in [0.5, 0.6) is 11.5 Å². The molecule has 2 nitrogen and oxygen atoms in total. The highest BCUT2D eigenvalue weighted by atomic mass is 16.3. The third-order valence-corrected chi connectivity index (χ3v) is 6.83. The van der Waals surface area contributed by atoms with Crippen molar-refractivity contribution in [3.8, 4) is 11.5 Å². The van der Waals surface area contributed by atoms with Crippen LogP contribution >= 0.6 is 0 Å². The minimum Gasteiger partial charge on any atom is -0.504 e. The molecular weight excluding hydrogens is 332 g/mol. The first-order valence-corrected chi connectivity index (χ1v) is 11.3. The van der Waals surface area contributed by atoms with Crippen molar-refractivity contribution in [1.29, 1.82) is 0 Å². The Labute approximate surface area is 167 Å². The van der Waals surface area contributed by atoms with Gasteiger partial charge in [0.1, 0.15) is 0 Å². The van der Waals surface area contributed by atoms with Gasteiger partial charge >= 0.3 is 0 Å². The van der Waals surface area contributed by atoms with Crippen molar-refractivity contribution >= 4 is 0 Å². The summed E-state index contributed by atoms with van der Waals surface area (Å²) < 4.78 is 0. The molecule has 2 N–H and O–H groups in total. The number of phenolic OH excluding ortho intramolecular Hbond substituents is 2. The van der Waals surface area contributed by atoms with Gasteiger partial charge in [-0.25, -0.2) is 0 Å². The normalized spacial score (nSPS) is 15.9. The molecule has 0 unspecified atom stereocenters. The average molecular weight is 375 g/mol. The van der Waals surface area contributed by atoms with E-state index in [1.807, 2.05) is 0 Å². The van der Waals surface area contributed by atoms with E-state index in [0.29, 0.717) is 10.8 Å². The number of unbranched alkanes of at least 4 members (excludes halogenated alkanes) is 4. The van der Waals surface area contributed by atoms with Gasteiger partial charge in [0, 0.05) is 0 Å². The van der Waals surface area contributed by atoms with Gasteiger partial charge in [-0.15, -0.1) is 0 Å². The zero-order valence-electron chi connectivity index (χ0n) is 18.2. The van der Waals surface area contributed by atoms with E-state index in [-0.39, 0.29) is 11.5 Å². The highest BCUT2D eigenvalue weighted by Crippen LogP contribution is 2.49. The molecule has 2 rings (SSSR count). The molecule has 1 fully saturated rings. The zero-order valence-corrected chi connectivity index (χ0v) is 18.2. The quantitative estimate of drug-likeness (QED) is 0.276. The first-order valence-electron chi connectivity index (χ1n) is 11.3. The number of benzene rings is 1. The summed E-state index contributed by atoms with van der Waals surface area (Å²) in [5.74, 6) is 0.151. The Morgan fingerprint density at radius 1 is 0.926 bits per heavy atom. The first-order chi connectivity index (χ1) is 12.7. The Morgan fingerprint density at radius 3 is 2.26 bits per heavy atom. The standard InChI is InChI=1S/C25H42O2/c1-5-24(2,3)14-10-7-6-8-13-21-18-20(19-22(26)23(21)27)12-9-11-15-25(4)16-17-25/h18-19,26-27H,5-17H2,1-4H3. The predicted octanol–water partition coefficient (Wildman–Crippen LogP) is 7.54. The lowest BCUT2D eigenvalue weighted by Crippen LogP contribution is -2.08. The van der Waals surface area contributed by atoms with Crippen molar-refractivity contribution in [2.45, 2.75) is 111 Å². The highest BCUT2D eigenvalue weighted by molar-refractivity contribution is 5.47. The maximum absolute atomic E-state index is 10.2. The fourth-order valence-corrected chi connectivity index (χ4v) is 3.87. The van der Waals surface area contributed by atoms with Crippen LogP contribution in [0.1, 0.15) is 109 Å². The van der Waals surface area contributed by atoms with Crippen LogP contribution in [0.3, 0.4) is 0 Å². The Balaban J connectivity index is 1.72. The number of hydrogen-bond donors (Lipinski definition) is 2. The van der Waals surface area contributed by atoms with Crippen LogP contribution in [-0.4, -0.2) is 10.2 Å². The van der Waals surface area contributed by atoms with Crippen LogP contribution in [0.4, 0.5) is 0 Å². The Hall–Kier alpha value is -1.18. The second kappa shape index (κ2) is 9.85. The summed E-state index contributed by atoms with van der Waals surface area (Å²) in [6.45, 7) is 9.36. The van der Waals surface area contributed by atoms with Crippen molar-refractivity contribution < 1.29 is 10.2 Å². The molecule has 0 bridgehead atoms. The molecule has 27 heavy (non-hydrogen) atoms. The smallest absolute Gasteiger partial charge is 0.160 e. The molecule has 0 amide bonds. The van der Waals surface area contributed by atoms with Crippen LogP contribution in [0.25, 0.3) is 0 Å². The number of aromatic hydroxyl groups is 2. The van der Waals surface area contributed by atoms with Crippen molar-refractivity contribution in [2.75, 3.05) is 0 Å². The van der Waals surface area contributed by atoms with Gasteiger partial charge in [-0.1, -0.05) is 65.9 Å². The van der Waals surface area contributed by atoms with Gasteiger partial charge in [0.05, 0.1) is 0 Å². The van der Waals surface area contributed by atoms with E-state index in [0.717, 1.165) is 24.8 Å². The SMILES string of the molecule is CCC(C)(C)CCCCCCc1cc(CCCCC2(C)CC2)cc(O)c1O. The molecule has 0 heterocycles. The number of hydrogen-bond acceptors (Lipinski definition) is 2. The van der Waals surface area contributed by atoms with E-state index < -0.39 is 0 Å². The molecule has 0 aromatic heterocycles.